The molecule has 2 aliphatic heterocycles. The molecule has 12 atom stereocenters. The summed E-state index contributed by atoms with van der Waals surface area (Å²) in [5.74, 6) is -2.02. The van der Waals surface area contributed by atoms with Crippen molar-refractivity contribution < 1.29 is 49.6 Å². The minimum absolute atomic E-state index is 0.0560. The number of hydrogen-bond acceptors (Lipinski definition) is 10. The van der Waals surface area contributed by atoms with Gasteiger partial charge in [-0.1, -0.05) is 20.8 Å². The number of rotatable bonds is 5. The van der Waals surface area contributed by atoms with Gasteiger partial charge in [-0.25, -0.2) is 0 Å². The molecule has 0 aromatic rings. The third-order valence-corrected chi connectivity index (χ3v) is 8.52. The fourth-order valence-electron chi connectivity index (χ4n) is 6.45. The van der Waals surface area contributed by atoms with Crippen molar-refractivity contribution >= 4 is 5.97 Å². The SMILES string of the molecule is CC(C)[C@@]1(O)C2C(=O)OC1[C@@H](O)[C@]1(C)C2CC[C@H]1COC1OC(CO)C(O)C(O)C1O. The summed E-state index contributed by atoms with van der Waals surface area (Å²) in [6, 6.07) is 0. The molecule has 4 fully saturated rings. The highest BCUT2D eigenvalue weighted by molar-refractivity contribution is 5.78. The Balaban J connectivity index is 1.52. The molecular weight excluding hydrogens is 412 g/mol. The Bertz CT molecular complexity index is 700. The van der Waals surface area contributed by atoms with Crippen molar-refractivity contribution in [1.82, 2.24) is 0 Å². The van der Waals surface area contributed by atoms with Crippen LogP contribution in [0.4, 0.5) is 0 Å². The van der Waals surface area contributed by atoms with Gasteiger partial charge in [0.2, 0.25) is 0 Å². The van der Waals surface area contributed by atoms with Crippen molar-refractivity contribution in [3.8, 4) is 0 Å². The van der Waals surface area contributed by atoms with Crippen LogP contribution in [0.25, 0.3) is 0 Å². The third kappa shape index (κ3) is 3.11. The molecule has 2 aliphatic carbocycles. The summed E-state index contributed by atoms with van der Waals surface area (Å²) >= 11 is 0. The van der Waals surface area contributed by atoms with Crippen molar-refractivity contribution in [2.75, 3.05) is 13.2 Å². The minimum atomic E-state index is -1.54. The van der Waals surface area contributed by atoms with E-state index >= 15 is 0 Å². The van der Waals surface area contributed by atoms with Gasteiger partial charge in [-0.05, 0) is 30.6 Å². The molecule has 10 nitrogen and oxygen atoms in total. The highest BCUT2D eigenvalue weighted by Gasteiger charge is 2.74. The van der Waals surface area contributed by atoms with E-state index in [9.17, 15) is 35.4 Å². The van der Waals surface area contributed by atoms with E-state index in [1.165, 1.54) is 0 Å². The van der Waals surface area contributed by atoms with E-state index in [0.717, 1.165) is 0 Å². The summed E-state index contributed by atoms with van der Waals surface area (Å²) < 4.78 is 16.6. The molecule has 0 aromatic carbocycles. The lowest BCUT2D eigenvalue weighted by Gasteiger charge is -2.53. The zero-order valence-corrected chi connectivity index (χ0v) is 18.0. The van der Waals surface area contributed by atoms with Crippen LogP contribution in [0.3, 0.4) is 0 Å². The Morgan fingerprint density at radius 2 is 1.81 bits per heavy atom. The number of fused-ring (bicyclic) bond motifs is 4. The molecule has 2 heterocycles. The minimum Gasteiger partial charge on any atom is -0.456 e. The first-order valence-electron chi connectivity index (χ1n) is 11.0. The average Bonchev–Trinajstić information content (AvgIpc) is 3.17. The lowest BCUT2D eigenvalue weighted by Crippen LogP contribution is -2.66. The van der Waals surface area contributed by atoms with Crippen LogP contribution in [-0.4, -0.2) is 98.3 Å². The maximum atomic E-state index is 12.6. The van der Waals surface area contributed by atoms with E-state index in [1.807, 2.05) is 20.8 Å². The maximum Gasteiger partial charge on any atom is 0.312 e. The predicted octanol–water partition coefficient (Wildman–Crippen LogP) is -1.86. The van der Waals surface area contributed by atoms with Gasteiger partial charge >= 0.3 is 5.97 Å². The highest BCUT2D eigenvalue weighted by atomic mass is 16.7. The number of ether oxygens (including phenoxy) is 3. The van der Waals surface area contributed by atoms with Gasteiger partial charge in [0.05, 0.1) is 25.2 Å². The van der Waals surface area contributed by atoms with Crippen LogP contribution in [-0.2, 0) is 19.0 Å². The second-order valence-corrected chi connectivity index (χ2v) is 10.1. The molecule has 2 bridgehead atoms. The number of carbonyl (C=O) groups is 1. The number of carbonyl (C=O) groups excluding carboxylic acids is 1. The van der Waals surface area contributed by atoms with Crippen molar-refractivity contribution in [2.24, 2.45) is 29.1 Å². The molecule has 178 valence electrons. The van der Waals surface area contributed by atoms with Crippen molar-refractivity contribution in [1.29, 1.82) is 0 Å². The van der Waals surface area contributed by atoms with Crippen LogP contribution >= 0.6 is 0 Å². The molecular formula is C21H34O10. The first kappa shape index (κ1) is 23.3. The fourth-order valence-corrected chi connectivity index (χ4v) is 6.45. The standard InChI is InChI=1S/C21H34O10/c1-8(2)21(28)12-10-5-4-9(20(10,3)16(26)17(21)31-18(12)27)7-29-19-15(25)14(24)13(23)11(6-22)30-19/h8-17,19,22-26,28H,4-7H2,1-3H3/t9-,10?,11?,12?,13?,14?,15?,16+,17?,19?,20-,21+/m0/s1. The Hall–Kier alpha value is -0.850. The van der Waals surface area contributed by atoms with Crippen LogP contribution in [0.2, 0.25) is 0 Å². The molecule has 6 N–H and O–H groups in total. The molecule has 4 rings (SSSR count). The number of esters is 1. The van der Waals surface area contributed by atoms with Crippen LogP contribution < -0.4 is 0 Å². The van der Waals surface area contributed by atoms with Gasteiger partial charge < -0.3 is 44.8 Å². The van der Waals surface area contributed by atoms with Gasteiger partial charge in [-0.15, -0.1) is 0 Å². The van der Waals surface area contributed by atoms with Gasteiger partial charge in [0.15, 0.2) is 12.4 Å². The molecule has 10 heteroatoms. The summed E-state index contributed by atoms with van der Waals surface area (Å²) in [4.78, 5) is 12.6. The Morgan fingerprint density at radius 1 is 1.13 bits per heavy atom. The summed E-state index contributed by atoms with van der Waals surface area (Å²) in [5, 5.41) is 62.0. The van der Waals surface area contributed by atoms with Crippen LogP contribution in [0.5, 0.6) is 0 Å². The monoisotopic (exact) mass is 446 g/mol. The normalized spacial score (nSPS) is 54.2. The molecule has 0 amide bonds. The molecule has 2 saturated carbocycles. The van der Waals surface area contributed by atoms with Gasteiger partial charge in [0.25, 0.3) is 0 Å². The van der Waals surface area contributed by atoms with Crippen molar-refractivity contribution in [3.05, 3.63) is 0 Å². The van der Waals surface area contributed by atoms with E-state index in [0.29, 0.717) is 12.8 Å². The molecule has 0 radical (unpaired) electrons. The predicted molar refractivity (Wildman–Crippen MR) is 103 cm³/mol. The third-order valence-electron chi connectivity index (χ3n) is 8.52. The first-order chi connectivity index (χ1) is 14.5. The Labute approximate surface area is 180 Å². The number of aliphatic hydroxyl groups is 6. The number of hydrogen-bond donors (Lipinski definition) is 6. The summed E-state index contributed by atoms with van der Waals surface area (Å²) in [6.07, 6.45) is -7.76. The molecule has 31 heavy (non-hydrogen) atoms. The number of aliphatic hydroxyl groups excluding tert-OH is 5. The maximum absolute atomic E-state index is 12.6. The second kappa shape index (κ2) is 7.88. The van der Waals surface area contributed by atoms with E-state index in [2.05, 4.69) is 0 Å². The van der Waals surface area contributed by atoms with Crippen LogP contribution in [0.1, 0.15) is 33.6 Å². The molecule has 4 aliphatic rings. The zero-order valence-electron chi connectivity index (χ0n) is 18.0. The molecule has 0 spiro atoms. The zero-order chi connectivity index (χ0) is 22.9. The topological polar surface area (TPSA) is 166 Å². The van der Waals surface area contributed by atoms with E-state index in [4.69, 9.17) is 14.2 Å². The second-order valence-electron chi connectivity index (χ2n) is 10.1. The summed E-state index contributed by atoms with van der Waals surface area (Å²) in [7, 11) is 0. The van der Waals surface area contributed by atoms with Crippen LogP contribution in [0.15, 0.2) is 0 Å². The van der Waals surface area contributed by atoms with Gasteiger partial charge in [0, 0.05) is 5.41 Å². The van der Waals surface area contributed by atoms with Gasteiger partial charge in [-0.3, -0.25) is 4.79 Å². The average molecular weight is 446 g/mol. The van der Waals surface area contributed by atoms with E-state index in [1.54, 1.807) is 0 Å². The Kier molecular flexibility index (Phi) is 5.92. The summed E-state index contributed by atoms with van der Waals surface area (Å²) in [5.41, 5.74) is -2.20. The van der Waals surface area contributed by atoms with Crippen molar-refractivity contribution in [3.63, 3.8) is 0 Å². The lowest BCUT2D eigenvalue weighted by atomic mass is 9.53. The van der Waals surface area contributed by atoms with Crippen LogP contribution in [0, 0.1) is 29.1 Å². The first-order valence-corrected chi connectivity index (χ1v) is 11.0. The molecule has 2 saturated heterocycles. The highest BCUT2D eigenvalue weighted by Crippen LogP contribution is 2.64. The summed E-state index contributed by atoms with van der Waals surface area (Å²) in [6.45, 7) is 5.00. The van der Waals surface area contributed by atoms with E-state index in [-0.39, 0.29) is 24.4 Å². The molecule has 0 aromatic heterocycles. The van der Waals surface area contributed by atoms with Crippen molar-refractivity contribution in [2.45, 2.75) is 82.1 Å². The van der Waals surface area contributed by atoms with Gasteiger partial charge in [-0.2, -0.15) is 0 Å². The van der Waals surface area contributed by atoms with Gasteiger partial charge in [0.1, 0.15) is 30.0 Å². The quantitative estimate of drug-likeness (QED) is 0.264. The lowest BCUT2D eigenvalue weighted by molar-refractivity contribution is -0.306. The Morgan fingerprint density at radius 3 is 2.42 bits per heavy atom. The smallest absolute Gasteiger partial charge is 0.312 e. The van der Waals surface area contributed by atoms with E-state index < -0.39 is 72.4 Å². The fraction of sp³-hybridized carbons (Fsp3) is 0.952. The molecule has 8 unspecified atom stereocenters. The largest absolute Gasteiger partial charge is 0.456 e.